The number of rotatable bonds is 4. The highest BCUT2D eigenvalue weighted by Gasteiger charge is 2.20. The van der Waals surface area contributed by atoms with Crippen LogP contribution in [0, 0.1) is 6.92 Å². The maximum Gasteiger partial charge on any atom is 0.262 e. The monoisotopic (exact) mass is 344 g/mol. The summed E-state index contributed by atoms with van der Waals surface area (Å²) in [6.07, 6.45) is 1.55. The van der Waals surface area contributed by atoms with Gasteiger partial charge < -0.3 is 4.98 Å². The molecule has 1 aliphatic heterocycles. The van der Waals surface area contributed by atoms with Gasteiger partial charge in [-0.05, 0) is 6.92 Å². The van der Waals surface area contributed by atoms with Crippen molar-refractivity contribution in [3.8, 4) is 0 Å². The SMILES string of the molecule is Cc1nonc1CN1CCN(Cc2nc3c(cnn3C)c(=O)[nH]2)CC1. The fourth-order valence-electron chi connectivity index (χ4n) is 3.07. The van der Waals surface area contributed by atoms with E-state index in [1.54, 1.807) is 17.9 Å². The normalized spacial score (nSPS) is 16.7. The van der Waals surface area contributed by atoms with Gasteiger partial charge in [-0.2, -0.15) is 5.10 Å². The minimum atomic E-state index is -0.138. The van der Waals surface area contributed by atoms with E-state index in [9.17, 15) is 4.79 Å². The minimum Gasteiger partial charge on any atom is -0.309 e. The molecule has 0 amide bonds. The van der Waals surface area contributed by atoms with Gasteiger partial charge in [-0.1, -0.05) is 10.3 Å². The summed E-state index contributed by atoms with van der Waals surface area (Å²) in [4.78, 5) is 24.1. The Morgan fingerprint density at radius 2 is 1.88 bits per heavy atom. The molecule has 4 heterocycles. The first-order chi connectivity index (χ1) is 12.1. The molecule has 0 radical (unpaired) electrons. The zero-order valence-electron chi connectivity index (χ0n) is 14.3. The molecule has 4 rings (SSSR count). The third-order valence-electron chi connectivity index (χ3n) is 4.61. The average molecular weight is 344 g/mol. The summed E-state index contributed by atoms with van der Waals surface area (Å²) in [5.41, 5.74) is 2.21. The van der Waals surface area contributed by atoms with Crippen LogP contribution in [0.25, 0.3) is 11.0 Å². The molecule has 0 aliphatic carbocycles. The number of aromatic amines is 1. The van der Waals surface area contributed by atoms with Crippen LogP contribution in [0.5, 0.6) is 0 Å². The Kier molecular flexibility index (Phi) is 4.06. The first-order valence-electron chi connectivity index (χ1n) is 8.24. The fourth-order valence-corrected chi connectivity index (χ4v) is 3.07. The number of aryl methyl sites for hydroxylation is 2. The number of H-pyrrole nitrogens is 1. The van der Waals surface area contributed by atoms with E-state index >= 15 is 0 Å². The summed E-state index contributed by atoms with van der Waals surface area (Å²) in [6, 6.07) is 0. The molecular formula is C15H20N8O2. The Morgan fingerprint density at radius 1 is 1.16 bits per heavy atom. The van der Waals surface area contributed by atoms with Crippen LogP contribution in [0.4, 0.5) is 0 Å². The molecule has 25 heavy (non-hydrogen) atoms. The smallest absolute Gasteiger partial charge is 0.262 e. The van der Waals surface area contributed by atoms with Crippen molar-refractivity contribution in [2.75, 3.05) is 26.2 Å². The predicted octanol–water partition coefficient (Wildman–Crippen LogP) is -0.334. The van der Waals surface area contributed by atoms with Crippen molar-refractivity contribution in [2.24, 2.45) is 7.05 Å². The van der Waals surface area contributed by atoms with E-state index in [0.717, 1.165) is 44.1 Å². The second-order valence-electron chi connectivity index (χ2n) is 6.37. The van der Waals surface area contributed by atoms with E-state index in [1.807, 2.05) is 6.92 Å². The summed E-state index contributed by atoms with van der Waals surface area (Å²) in [6.45, 7) is 6.91. The molecule has 1 aliphatic rings. The number of hydrogen-bond acceptors (Lipinski definition) is 8. The molecular weight excluding hydrogens is 324 g/mol. The average Bonchev–Trinajstić information content (AvgIpc) is 3.16. The van der Waals surface area contributed by atoms with E-state index in [0.29, 0.717) is 23.4 Å². The van der Waals surface area contributed by atoms with Crippen molar-refractivity contribution >= 4 is 11.0 Å². The molecule has 0 saturated carbocycles. The summed E-state index contributed by atoms with van der Waals surface area (Å²) in [5, 5.41) is 12.4. The van der Waals surface area contributed by atoms with Crippen LogP contribution >= 0.6 is 0 Å². The number of nitrogens with zero attached hydrogens (tertiary/aromatic N) is 7. The van der Waals surface area contributed by atoms with Crippen LogP contribution in [-0.2, 0) is 20.1 Å². The standard InChI is InChI=1S/C15H20N8O2/c1-10-12(20-25-19-10)8-22-3-5-23(6-4-22)9-13-17-14-11(15(24)18-13)7-16-21(14)2/h7H,3-6,8-9H2,1-2H3,(H,17,18,24). The Bertz CT molecular complexity index is 935. The van der Waals surface area contributed by atoms with Gasteiger partial charge >= 0.3 is 0 Å². The third-order valence-corrected chi connectivity index (χ3v) is 4.61. The number of fused-ring (bicyclic) bond motifs is 1. The van der Waals surface area contributed by atoms with Gasteiger partial charge in [-0.15, -0.1) is 0 Å². The predicted molar refractivity (Wildman–Crippen MR) is 88.7 cm³/mol. The van der Waals surface area contributed by atoms with Crippen LogP contribution in [0.3, 0.4) is 0 Å². The first-order valence-corrected chi connectivity index (χ1v) is 8.24. The number of nitrogens with one attached hydrogen (secondary N) is 1. The number of aromatic nitrogens is 6. The highest BCUT2D eigenvalue weighted by atomic mass is 16.6. The maximum absolute atomic E-state index is 12.1. The van der Waals surface area contributed by atoms with Crippen molar-refractivity contribution in [3.05, 3.63) is 33.8 Å². The highest BCUT2D eigenvalue weighted by molar-refractivity contribution is 5.72. The molecule has 10 heteroatoms. The van der Waals surface area contributed by atoms with Crippen LogP contribution in [-0.4, -0.2) is 66.0 Å². The van der Waals surface area contributed by atoms with Gasteiger partial charge in [0.1, 0.15) is 22.6 Å². The topological polar surface area (TPSA) is 109 Å². The Morgan fingerprint density at radius 3 is 2.56 bits per heavy atom. The molecule has 132 valence electrons. The van der Waals surface area contributed by atoms with Crippen molar-refractivity contribution in [2.45, 2.75) is 20.0 Å². The summed E-state index contributed by atoms with van der Waals surface area (Å²) < 4.78 is 6.38. The fraction of sp³-hybridized carbons (Fsp3) is 0.533. The van der Waals surface area contributed by atoms with Gasteiger partial charge in [0.2, 0.25) is 0 Å². The van der Waals surface area contributed by atoms with Crippen LogP contribution in [0.1, 0.15) is 17.2 Å². The van der Waals surface area contributed by atoms with Gasteiger partial charge in [-0.3, -0.25) is 19.3 Å². The van der Waals surface area contributed by atoms with Gasteiger partial charge in [0.25, 0.3) is 5.56 Å². The van der Waals surface area contributed by atoms with Crippen LogP contribution in [0.2, 0.25) is 0 Å². The lowest BCUT2D eigenvalue weighted by Crippen LogP contribution is -2.45. The Labute approximate surface area is 143 Å². The summed E-state index contributed by atoms with van der Waals surface area (Å²) >= 11 is 0. The van der Waals surface area contributed by atoms with Gasteiger partial charge in [0.15, 0.2) is 5.65 Å². The van der Waals surface area contributed by atoms with E-state index in [1.165, 1.54) is 0 Å². The third kappa shape index (κ3) is 3.17. The minimum absolute atomic E-state index is 0.138. The Hall–Kier alpha value is -2.59. The van der Waals surface area contributed by atoms with Gasteiger partial charge in [-0.25, -0.2) is 9.61 Å². The quantitative estimate of drug-likeness (QED) is 0.685. The Balaban J connectivity index is 1.39. The number of hydrogen-bond donors (Lipinski definition) is 1. The van der Waals surface area contributed by atoms with Gasteiger partial charge in [0, 0.05) is 39.8 Å². The summed E-state index contributed by atoms with van der Waals surface area (Å²) in [7, 11) is 1.79. The molecule has 1 N–H and O–H groups in total. The molecule has 0 unspecified atom stereocenters. The first kappa shape index (κ1) is 15.9. The van der Waals surface area contributed by atoms with Crippen molar-refractivity contribution in [3.63, 3.8) is 0 Å². The highest BCUT2D eigenvalue weighted by Crippen LogP contribution is 2.11. The zero-order chi connectivity index (χ0) is 17.4. The van der Waals surface area contributed by atoms with E-state index in [4.69, 9.17) is 4.63 Å². The molecule has 10 nitrogen and oxygen atoms in total. The van der Waals surface area contributed by atoms with E-state index < -0.39 is 0 Å². The van der Waals surface area contributed by atoms with Crippen molar-refractivity contribution < 1.29 is 4.63 Å². The maximum atomic E-state index is 12.1. The van der Waals surface area contributed by atoms with Gasteiger partial charge in [0.05, 0.1) is 12.7 Å². The second-order valence-corrected chi connectivity index (χ2v) is 6.37. The molecule has 0 aromatic carbocycles. The lowest BCUT2D eigenvalue weighted by Gasteiger charge is -2.33. The van der Waals surface area contributed by atoms with E-state index in [-0.39, 0.29) is 5.56 Å². The molecule has 0 bridgehead atoms. The van der Waals surface area contributed by atoms with E-state index in [2.05, 4.69) is 35.2 Å². The van der Waals surface area contributed by atoms with Crippen molar-refractivity contribution in [1.29, 1.82) is 0 Å². The molecule has 3 aromatic rings. The molecule has 0 spiro atoms. The summed E-state index contributed by atoms with van der Waals surface area (Å²) in [5.74, 6) is 0.672. The largest absolute Gasteiger partial charge is 0.309 e. The molecule has 0 atom stereocenters. The molecule has 1 saturated heterocycles. The lowest BCUT2D eigenvalue weighted by atomic mass is 10.2. The molecule has 1 fully saturated rings. The van der Waals surface area contributed by atoms with Crippen molar-refractivity contribution in [1.82, 2.24) is 39.9 Å². The molecule has 3 aromatic heterocycles. The lowest BCUT2D eigenvalue weighted by molar-refractivity contribution is 0.117. The van der Waals surface area contributed by atoms with Crippen LogP contribution in [0.15, 0.2) is 15.6 Å². The van der Waals surface area contributed by atoms with Crippen LogP contribution < -0.4 is 5.56 Å². The second kappa shape index (κ2) is 6.37. The zero-order valence-corrected chi connectivity index (χ0v) is 14.3. The number of piperazine rings is 1.